The average molecular weight is 365 g/mol. The molecule has 98 valence electrons. The molecule has 1 N–H and O–H groups in total. The largest absolute Gasteiger partial charge is 0.322 e. The summed E-state index contributed by atoms with van der Waals surface area (Å²) in [6, 6.07) is 11.8. The first-order valence-corrected chi connectivity index (χ1v) is 7.20. The van der Waals surface area contributed by atoms with Crippen molar-refractivity contribution in [3.63, 3.8) is 0 Å². The fourth-order valence-electron chi connectivity index (χ4n) is 1.91. The van der Waals surface area contributed by atoms with E-state index in [1.807, 2.05) is 57.2 Å². The van der Waals surface area contributed by atoms with E-state index in [9.17, 15) is 4.79 Å². The maximum Gasteiger partial charge on any atom is 0.255 e. The molecule has 3 heteroatoms. The number of anilines is 1. The molecular weight excluding hydrogens is 349 g/mol. The summed E-state index contributed by atoms with van der Waals surface area (Å²) in [5.74, 6) is -0.0497. The predicted octanol–water partition coefficient (Wildman–Crippen LogP) is 4.47. The van der Waals surface area contributed by atoms with Gasteiger partial charge in [0.1, 0.15) is 0 Å². The number of hydrogen-bond acceptors (Lipinski definition) is 1. The van der Waals surface area contributed by atoms with Crippen molar-refractivity contribution in [1.82, 2.24) is 0 Å². The minimum absolute atomic E-state index is 0.0497. The smallest absolute Gasteiger partial charge is 0.255 e. The highest BCUT2D eigenvalue weighted by molar-refractivity contribution is 14.1. The van der Waals surface area contributed by atoms with E-state index in [4.69, 9.17) is 0 Å². The average Bonchev–Trinajstić information content (AvgIpc) is 2.38. The number of halogens is 1. The Kier molecular flexibility index (Phi) is 4.24. The second-order valence-corrected chi connectivity index (χ2v) is 5.85. The van der Waals surface area contributed by atoms with Crippen LogP contribution in [0.5, 0.6) is 0 Å². The molecule has 1 amide bonds. The van der Waals surface area contributed by atoms with Crippen molar-refractivity contribution in [1.29, 1.82) is 0 Å². The molecule has 0 bridgehead atoms. The van der Waals surface area contributed by atoms with Crippen LogP contribution in [0.2, 0.25) is 0 Å². The molecule has 2 aromatic rings. The fourth-order valence-corrected chi connectivity index (χ4v) is 2.41. The number of amides is 1. The first-order valence-electron chi connectivity index (χ1n) is 6.13. The van der Waals surface area contributed by atoms with Crippen LogP contribution in [0.4, 0.5) is 5.69 Å². The normalized spacial score (nSPS) is 10.3. The SMILES string of the molecule is Cc1ccc(C)c(C(=O)Nc2cccc(I)c2C)c1. The van der Waals surface area contributed by atoms with Gasteiger partial charge in [-0.05, 0) is 72.7 Å². The maximum absolute atomic E-state index is 12.3. The van der Waals surface area contributed by atoms with Crippen LogP contribution in [-0.2, 0) is 0 Å². The Labute approximate surface area is 127 Å². The lowest BCUT2D eigenvalue weighted by Gasteiger charge is -2.11. The van der Waals surface area contributed by atoms with Crippen LogP contribution in [-0.4, -0.2) is 5.91 Å². The Morgan fingerprint density at radius 1 is 1.11 bits per heavy atom. The molecule has 0 unspecified atom stereocenters. The van der Waals surface area contributed by atoms with Crippen molar-refractivity contribution in [3.8, 4) is 0 Å². The third kappa shape index (κ3) is 3.15. The number of benzene rings is 2. The molecule has 19 heavy (non-hydrogen) atoms. The molecule has 2 nitrogen and oxygen atoms in total. The third-order valence-electron chi connectivity index (χ3n) is 3.15. The first kappa shape index (κ1) is 14.1. The lowest BCUT2D eigenvalue weighted by Crippen LogP contribution is -2.14. The summed E-state index contributed by atoms with van der Waals surface area (Å²) in [5, 5.41) is 2.99. The van der Waals surface area contributed by atoms with E-state index < -0.39 is 0 Å². The summed E-state index contributed by atoms with van der Waals surface area (Å²) >= 11 is 2.27. The standard InChI is InChI=1S/C16H16INO/c1-10-7-8-11(2)13(9-10)16(19)18-15-6-4-5-14(17)12(15)3/h4-9H,1-3H3,(H,18,19). The van der Waals surface area contributed by atoms with Crippen molar-refractivity contribution in [2.45, 2.75) is 20.8 Å². The van der Waals surface area contributed by atoms with Crippen LogP contribution in [0.3, 0.4) is 0 Å². The molecule has 0 aliphatic heterocycles. The zero-order chi connectivity index (χ0) is 14.0. The zero-order valence-electron chi connectivity index (χ0n) is 11.3. The summed E-state index contributed by atoms with van der Waals surface area (Å²) in [6.45, 7) is 5.96. The Morgan fingerprint density at radius 3 is 2.58 bits per heavy atom. The molecule has 0 saturated heterocycles. The van der Waals surface area contributed by atoms with E-state index in [0.29, 0.717) is 0 Å². The van der Waals surface area contributed by atoms with Gasteiger partial charge in [0.2, 0.25) is 0 Å². The molecule has 0 fully saturated rings. The number of hydrogen-bond donors (Lipinski definition) is 1. The van der Waals surface area contributed by atoms with E-state index in [2.05, 4.69) is 27.9 Å². The molecule has 0 heterocycles. The van der Waals surface area contributed by atoms with E-state index in [1.165, 1.54) is 0 Å². The lowest BCUT2D eigenvalue weighted by molar-refractivity contribution is 0.102. The van der Waals surface area contributed by atoms with E-state index >= 15 is 0 Å². The summed E-state index contributed by atoms with van der Waals surface area (Å²) in [7, 11) is 0. The van der Waals surface area contributed by atoms with Gasteiger partial charge in [0, 0.05) is 14.8 Å². The third-order valence-corrected chi connectivity index (χ3v) is 4.32. The zero-order valence-corrected chi connectivity index (χ0v) is 13.4. The summed E-state index contributed by atoms with van der Waals surface area (Å²) in [5.41, 5.74) is 4.79. The van der Waals surface area contributed by atoms with E-state index in [-0.39, 0.29) is 5.91 Å². The lowest BCUT2D eigenvalue weighted by atomic mass is 10.0. The number of nitrogens with one attached hydrogen (secondary N) is 1. The van der Waals surface area contributed by atoms with Gasteiger partial charge in [0.05, 0.1) is 0 Å². The van der Waals surface area contributed by atoms with Crippen LogP contribution in [0.1, 0.15) is 27.0 Å². The topological polar surface area (TPSA) is 29.1 Å². The van der Waals surface area contributed by atoms with Crippen molar-refractivity contribution < 1.29 is 4.79 Å². The summed E-state index contributed by atoms with van der Waals surface area (Å²) < 4.78 is 1.15. The molecule has 0 saturated carbocycles. The van der Waals surface area contributed by atoms with Gasteiger partial charge < -0.3 is 5.32 Å². The van der Waals surface area contributed by atoms with Gasteiger partial charge in [-0.1, -0.05) is 23.8 Å². The number of rotatable bonds is 2. The second-order valence-electron chi connectivity index (χ2n) is 4.68. The minimum Gasteiger partial charge on any atom is -0.322 e. The summed E-state index contributed by atoms with van der Waals surface area (Å²) in [6.07, 6.45) is 0. The van der Waals surface area contributed by atoms with Gasteiger partial charge in [-0.25, -0.2) is 0 Å². The molecule has 0 radical (unpaired) electrons. The fraction of sp³-hybridized carbons (Fsp3) is 0.188. The van der Waals surface area contributed by atoms with Gasteiger partial charge >= 0.3 is 0 Å². The highest BCUT2D eigenvalue weighted by atomic mass is 127. The molecular formula is C16H16INO. The van der Waals surface area contributed by atoms with Crippen LogP contribution >= 0.6 is 22.6 Å². The molecule has 0 aliphatic rings. The Morgan fingerprint density at radius 2 is 1.84 bits per heavy atom. The monoisotopic (exact) mass is 365 g/mol. The van der Waals surface area contributed by atoms with Crippen molar-refractivity contribution in [2.24, 2.45) is 0 Å². The van der Waals surface area contributed by atoms with E-state index in [1.54, 1.807) is 0 Å². The van der Waals surface area contributed by atoms with Crippen LogP contribution in [0, 0.1) is 24.3 Å². The first-order chi connectivity index (χ1) is 8.99. The van der Waals surface area contributed by atoms with Crippen molar-refractivity contribution >= 4 is 34.2 Å². The van der Waals surface area contributed by atoms with Gasteiger partial charge in [0.15, 0.2) is 0 Å². The van der Waals surface area contributed by atoms with Crippen molar-refractivity contribution in [2.75, 3.05) is 5.32 Å². The van der Waals surface area contributed by atoms with E-state index in [0.717, 1.165) is 31.5 Å². The quantitative estimate of drug-likeness (QED) is 0.782. The molecule has 0 aliphatic carbocycles. The molecule has 0 aromatic heterocycles. The molecule has 0 spiro atoms. The van der Waals surface area contributed by atoms with Crippen LogP contribution in [0.15, 0.2) is 36.4 Å². The number of carbonyl (C=O) groups is 1. The predicted molar refractivity (Wildman–Crippen MR) is 87.8 cm³/mol. The minimum atomic E-state index is -0.0497. The second kappa shape index (κ2) is 5.74. The van der Waals surface area contributed by atoms with Crippen molar-refractivity contribution in [3.05, 3.63) is 62.2 Å². The molecule has 2 aromatic carbocycles. The van der Waals surface area contributed by atoms with Crippen LogP contribution in [0.25, 0.3) is 0 Å². The molecule has 0 atom stereocenters. The summed E-state index contributed by atoms with van der Waals surface area (Å²) in [4.78, 5) is 12.3. The Balaban J connectivity index is 2.31. The highest BCUT2D eigenvalue weighted by Crippen LogP contribution is 2.21. The van der Waals surface area contributed by atoms with Gasteiger partial charge in [-0.3, -0.25) is 4.79 Å². The van der Waals surface area contributed by atoms with Gasteiger partial charge in [0.25, 0.3) is 5.91 Å². The van der Waals surface area contributed by atoms with Gasteiger partial charge in [-0.15, -0.1) is 0 Å². The number of carbonyl (C=O) groups excluding carboxylic acids is 1. The highest BCUT2D eigenvalue weighted by Gasteiger charge is 2.11. The maximum atomic E-state index is 12.3. The van der Waals surface area contributed by atoms with Gasteiger partial charge in [-0.2, -0.15) is 0 Å². The Hall–Kier alpha value is -1.36. The molecule has 2 rings (SSSR count). The van der Waals surface area contributed by atoms with Crippen LogP contribution < -0.4 is 5.32 Å². The Bertz CT molecular complexity index is 635. The number of aryl methyl sites for hydroxylation is 2.